The molecule has 0 atom stereocenters. The minimum Gasteiger partial charge on any atom is -0.478 e. The summed E-state index contributed by atoms with van der Waals surface area (Å²) in [5.41, 5.74) is 10.7. The number of esters is 1. The number of hydrogen-bond donors (Lipinski definition) is 3. The average Bonchev–Trinajstić information content (AvgIpc) is 2.60. The number of nitrogens with two attached hydrogens (primary N) is 2. The zero-order valence-electron chi connectivity index (χ0n) is 13.8. The molecule has 0 unspecified atom stereocenters. The fourth-order valence-corrected chi connectivity index (χ4v) is 1.87. The number of carboxylic acid groups (broad SMARTS) is 1. The van der Waals surface area contributed by atoms with Gasteiger partial charge in [-0.1, -0.05) is 36.4 Å². The van der Waals surface area contributed by atoms with Gasteiger partial charge in [0, 0.05) is 0 Å². The first-order valence-corrected chi connectivity index (χ1v) is 7.41. The van der Waals surface area contributed by atoms with Crippen LogP contribution in [0, 0.1) is 0 Å². The van der Waals surface area contributed by atoms with Crippen LogP contribution < -0.4 is 11.5 Å². The highest BCUT2D eigenvalue weighted by atomic mass is 16.5. The van der Waals surface area contributed by atoms with E-state index in [0.717, 1.165) is 0 Å². The predicted octanol–water partition coefficient (Wildman–Crippen LogP) is 0.741. The molecule has 2 rings (SSSR count). The number of carboxylic acids is 1. The fraction of sp³-hybridized carbons (Fsp3) is 0.111. The molecule has 0 aliphatic rings. The Morgan fingerprint density at radius 1 is 0.846 bits per heavy atom. The Morgan fingerprint density at radius 3 is 1.96 bits per heavy atom. The van der Waals surface area contributed by atoms with Gasteiger partial charge in [0.25, 0.3) is 5.91 Å². The summed E-state index contributed by atoms with van der Waals surface area (Å²) in [5.74, 6) is -2.78. The molecule has 2 amide bonds. The highest BCUT2D eigenvalue weighted by molar-refractivity contribution is 5.91. The van der Waals surface area contributed by atoms with Crippen molar-refractivity contribution in [1.82, 2.24) is 0 Å². The van der Waals surface area contributed by atoms with Gasteiger partial charge in [-0.2, -0.15) is 0 Å². The summed E-state index contributed by atoms with van der Waals surface area (Å²) < 4.78 is 4.58. The van der Waals surface area contributed by atoms with Gasteiger partial charge in [0.05, 0.1) is 17.5 Å². The highest BCUT2D eigenvalue weighted by Gasteiger charge is 2.10. The van der Waals surface area contributed by atoms with E-state index in [0.29, 0.717) is 11.1 Å². The zero-order valence-corrected chi connectivity index (χ0v) is 13.8. The summed E-state index contributed by atoms with van der Waals surface area (Å²) >= 11 is 0. The van der Waals surface area contributed by atoms with E-state index in [4.69, 9.17) is 16.6 Å². The van der Waals surface area contributed by atoms with E-state index in [-0.39, 0.29) is 18.6 Å². The maximum absolute atomic E-state index is 11.1. The second-order valence-corrected chi connectivity index (χ2v) is 5.01. The largest absolute Gasteiger partial charge is 0.478 e. The lowest BCUT2D eigenvalue weighted by atomic mass is 10.0. The van der Waals surface area contributed by atoms with E-state index in [1.54, 1.807) is 48.5 Å². The van der Waals surface area contributed by atoms with E-state index < -0.39 is 23.8 Å². The third kappa shape index (κ3) is 7.26. The zero-order chi connectivity index (χ0) is 19.5. The van der Waals surface area contributed by atoms with Crippen molar-refractivity contribution in [2.75, 3.05) is 6.61 Å². The van der Waals surface area contributed by atoms with Gasteiger partial charge < -0.3 is 21.3 Å². The second-order valence-electron chi connectivity index (χ2n) is 5.01. The van der Waals surface area contributed by atoms with Crippen LogP contribution in [-0.2, 0) is 20.7 Å². The van der Waals surface area contributed by atoms with Gasteiger partial charge in [-0.25, -0.2) is 9.59 Å². The number of ether oxygens (including phenoxy) is 1. The first-order valence-electron chi connectivity index (χ1n) is 7.41. The number of aromatic carboxylic acids is 1. The van der Waals surface area contributed by atoms with Crippen LogP contribution in [0.5, 0.6) is 0 Å². The van der Waals surface area contributed by atoms with Crippen molar-refractivity contribution < 1.29 is 29.0 Å². The molecule has 0 saturated heterocycles. The fourth-order valence-electron chi connectivity index (χ4n) is 1.87. The first-order chi connectivity index (χ1) is 12.3. The number of hydrogen-bond acceptors (Lipinski definition) is 5. The third-order valence-electron chi connectivity index (χ3n) is 2.97. The molecule has 0 radical (unpaired) electrons. The Hall–Kier alpha value is -3.68. The van der Waals surface area contributed by atoms with Gasteiger partial charge in [0.2, 0.25) is 5.91 Å². The molecule has 0 spiro atoms. The van der Waals surface area contributed by atoms with Crippen molar-refractivity contribution in [2.45, 2.75) is 6.42 Å². The summed E-state index contributed by atoms with van der Waals surface area (Å²) in [7, 11) is 0. The molecule has 2 aromatic carbocycles. The summed E-state index contributed by atoms with van der Waals surface area (Å²) in [6, 6.07) is 14.7. The third-order valence-corrected chi connectivity index (χ3v) is 2.97. The van der Waals surface area contributed by atoms with Gasteiger partial charge in [0.1, 0.15) is 0 Å². The molecule has 0 heterocycles. The molecular weight excluding hydrogens is 340 g/mol. The Kier molecular flexibility index (Phi) is 8.02. The summed E-state index contributed by atoms with van der Waals surface area (Å²) in [5, 5.41) is 8.73. The normalized spacial score (nSPS) is 9.38. The predicted molar refractivity (Wildman–Crippen MR) is 92.2 cm³/mol. The van der Waals surface area contributed by atoms with Crippen LogP contribution in [0.25, 0.3) is 0 Å². The molecule has 2 aromatic rings. The van der Waals surface area contributed by atoms with Crippen LogP contribution in [0.1, 0.15) is 26.3 Å². The van der Waals surface area contributed by atoms with E-state index in [1.165, 1.54) is 6.07 Å². The maximum atomic E-state index is 11.1. The molecule has 5 N–H and O–H groups in total. The lowest BCUT2D eigenvalue weighted by Gasteiger charge is -2.01. The number of benzene rings is 2. The van der Waals surface area contributed by atoms with Crippen molar-refractivity contribution in [1.29, 1.82) is 0 Å². The van der Waals surface area contributed by atoms with Crippen LogP contribution >= 0.6 is 0 Å². The Balaban J connectivity index is 0.000000260. The van der Waals surface area contributed by atoms with Crippen molar-refractivity contribution >= 4 is 23.8 Å². The molecule has 0 saturated carbocycles. The van der Waals surface area contributed by atoms with Gasteiger partial charge >= 0.3 is 11.9 Å². The minimum atomic E-state index is -1.04. The first kappa shape index (κ1) is 20.4. The molecule has 0 aliphatic carbocycles. The van der Waals surface area contributed by atoms with Gasteiger partial charge in [-0.3, -0.25) is 9.59 Å². The second kappa shape index (κ2) is 10.2. The molecule has 136 valence electrons. The summed E-state index contributed by atoms with van der Waals surface area (Å²) in [4.78, 5) is 42.6. The number of carbonyl (C=O) groups is 4. The summed E-state index contributed by atoms with van der Waals surface area (Å²) in [6.45, 7) is -0.381. The van der Waals surface area contributed by atoms with E-state index >= 15 is 0 Å². The van der Waals surface area contributed by atoms with Crippen LogP contribution in [-0.4, -0.2) is 35.5 Å². The Morgan fingerprint density at radius 2 is 1.42 bits per heavy atom. The van der Waals surface area contributed by atoms with Crippen molar-refractivity contribution in [3.63, 3.8) is 0 Å². The molecule has 0 aliphatic heterocycles. The lowest BCUT2D eigenvalue weighted by Crippen LogP contribution is -2.20. The molecule has 8 nitrogen and oxygen atoms in total. The van der Waals surface area contributed by atoms with Crippen LogP contribution in [0.15, 0.2) is 54.6 Å². The number of amides is 2. The lowest BCUT2D eigenvalue weighted by molar-refractivity contribution is -0.121. The Bertz CT molecular complexity index is 789. The number of rotatable bonds is 6. The number of primary amides is 2. The highest BCUT2D eigenvalue weighted by Crippen LogP contribution is 2.08. The smallest absolute Gasteiger partial charge is 0.338 e. The molecular formula is C18H18N2O6. The van der Waals surface area contributed by atoms with Crippen LogP contribution in [0.3, 0.4) is 0 Å². The van der Waals surface area contributed by atoms with Gasteiger partial charge in [-0.15, -0.1) is 0 Å². The van der Waals surface area contributed by atoms with Crippen LogP contribution in [0.4, 0.5) is 0 Å². The van der Waals surface area contributed by atoms with Crippen LogP contribution in [0.2, 0.25) is 0 Å². The monoisotopic (exact) mass is 358 g/mol. The van der Waals surface area contributed by atoms with E-state index in [1.807, 2.05) is 0 Å². The van der Waals surface area contributed by atoms with E-state index in [2.05, 4.69) is 4.74 Å². The molecule has 0 aromatic heterocycles. The average molecular weight is 358 g/mol. The topological polar surface area (TPSA) is 150 Å². The molecule has 0 bridgehead atoms. The number of carbonyl (C=O) groups excluding carboxylic acids is 3. The quantitative estimate of drug-likeness (QED) is 0.648. The van der Waals surface area contributed by atoms with Gasteiger partial charge in [0.15, 0.2) is 6.61 Å². The van der Waals surface area contributed by atoms with Gasteiger partial charge in [-0.05, 0) is 23.8 Å². The van der Waals surface area contributed by atoms with Crippen molar-refractivity contribution in [2.24, 2.45) is 11.5 Å². The van der Waals surface area contributed by atoms with E-state index in [9.17, 15) is 19.2 Å². The van der Waals surface area contributed by atoms with Crippen molar-refractivity contribution in [3.8, 4) is 0 Å². The molecule has 0 fully saturated rings. The Labute approximate surface area is 149 Å². The SMILES string of the molecule is NC(=O)COC(=O)c1ccccc1.NC(=O)Cc1ccccc1C(=O)O. The van der Waals surface area contributed by atoms with Crippen molar-refractivity contribution in [3.05, 3.63) is 71.3 Å². The molecule has 8 heteroatoms. The summed E-state index contributed by atoms with van der Waals surface area (Å²) in [6.07, 6.45) is -0.0392. The molecule has 26 heavy (non-hydrogen) atoms. The maximum Gasteiger partial charge on any atom is 0.338 e. The standard InChI is InChI=1S/2C9H9NO3/c10-8(11)5-6-3-1-2-4-7(6)9(12)13;10-8(11)6-13-9(12)7-4-2-1-3-5-7/h1-4H,5H2,(H2,10,11)(H,12,13);1-5H,6H2,(H2,10,11). The minimum absolute atomic E-state index is 0.0392.